The molecule has 0 fully saturated rings. The Kier molecular flexibility index (Phi) is 5.53. The van der Waals surface area contributed by atoms with Crippen LogP contribution in [0.1, 0.15) is 6.92 Å². The molecular formula is C17H15Cl2N5O. The zero-order valence-electron chi connectivity index (χ0n) is 13.3. The van der Waals surface area contributed by atoms with Gasteiger partial charge in [0.05, 0.1) is 22.8 Å². The van der Waals surface area contributed by atoms with Gasteiger partial charge >= 0.3 is 0 Å². The molecule has 1 aromatic heterocycles. The van der Waals surface area contributed by atoms with Crippen molar-refractivity contribution in [3.05, 3.63) is 58.7 Å². The van der Waals surface area contributed by atoms with Crippen molar-refractivity contribution in [2.24, 2.45) is 0 Å². The van der Waals surface area contributed by atoms with E-state index in [1.54, 1.807) is 18.2 Å². The van der Waals surface area contributed by atoms with E-state index in [9.17, 15) is 0 Å². The van der Waals surface area contributed by atoms with Crippen molar-refractivity contribution >= 4 is 46.3 Å². The quantitative estimate of drug-likeness (QED) is 0.626. The second-order valence-corrected chi connectivity index (χ2v) is 5.82. The van der Waals surface area contributed by atoms with E-state index in [-0.39, 0.29) is 0 Å². The highest BCUT2D eigenvalue weighted by atomic mass is 35.5. The summed E-state index contributed by atoms with van der Waals surface area (Å²) in [5.41, 5.74) is 1.58. The molecule has 0 saturated carbocycles. The van der Waals surface area contributed by atoms with Gasteiger partial charge in [-0.15, -0.1) is 5.10 Å². The van der Waals surface area contributed by atoms with Crippen molar-refractivity contribution in [2.75, 3.05) is 17.2 Å². The summed E-state index contributed by atoms with van der Waals surface area (Å²) in [7, 11) is 0. The molecule has 8 heteroatoms. The minimum absolute atomic E-state index is 0.370. The zero-order chi connectivity index (χ0) is 17.6. The van der Waals surface area contributed by atoms with Gasteiger partial charge in [0.2, 0.25) is 5.95 Å². The molecule has 0 bridgehead atoms. The zero-order valence-corrected chi connectivity index (χ0v) is 14.8. The Morgan fingerprint density at radius 2 is 1.72 bits per heavy atom. The fraction of sp³-hybridized carbons (Fsp3) is 0.118. The van der Waals surface area contributed by atoms with Gasteiger partial charge in [0, 0.05) is 11.4 Å². The minimum Gasteiger partial charge on any atom is -0.494 e. The van der Waals surface area contributed by atoms with Gasteiger partial charge in [-0.1, -0.05) is 23.2 Å². The van der Waals surface area contributed by atoms with Crippen LogP contribution in [-0.2, 0) is 0 Å². The van der Waals surface area contributed by atoms with Crippen molar-refractivity contribution in [1.82, 2.24) is 15.2 Å². The van der Waals surface area contributed by atoms with Gasteiger partial charge in [0.15, 0.2) is 5.82 Å². The molecule has 0 saturated heterocycles. The molecule has 0 aliphatic heterocycles. The van der Waals surface area contributed by atoms with Gasteiger partial charge in [-0.3, -0.25) is 0 Å². The third-order valence-corrected chi connectivity index (χ3v) is 3.91. The predicted octanol–water partition coefficient (Wildman–Crippen LogP) is 5.06. The number of aromatic nitrogens is 3. The average Bonchev–Trinajstić information content (AvgIpc) is 2.61. The topological polar surface area (TPSA) is 72.0 Å². The van der Waals surface area contributed by atoms with Crippen molar-refractivity contribution < 1.29 is 4.74 Å². The number of hydrogen-bond acceptors (Lipinski definition) is 6. The monoisotopic (exact) mass is 375 g/mol. The molecule has 0 radical (unpaired) electrons. The Hall–Kier alpha value is -2.57. The van der Waals surface area contributed by atoms with E-state index in [0.717, 1.165) is 17.1 Å². The maximum absolute atomic E-state index is 6.01. The SMILES string of the molecule is CCOc1ccc(Nc2nncc(Nc3ccc(Cl)c(Cl)c3)n2)cc1. The van der Waals surface area contributed by atoms with Gasteiger partial charge in [0.25, 0.3) is 0 Å². The Morgan fingerprint density at radius 3 is 2.44 bits per heavy atom. The number of hydrogen-bond donors (Lipinski definition) is 2. The summed E-state index contributed by atoms with van der Waals surface area (Å²) >= 11 is 11.9. The smallest absolute Gasteiger partial charge is 0.249 e. The molecule has 0 spiro atoms. The fourth-order valence-electron chi connectivity index (χ4n) is 2.07. The number of rotatable bonds is 6. The second kappa shape index (κ2) is 8.00. The number of nitrogens with one attached hydrogen (secondary N) is 2. The van der Waals surface area contributed by atoms with Crippen LogP contribution in [0.2, 0.25) is 10.0 Å². The third kappa shape index (κ3) is 4.71. The Labute approximate surface area is 155 Å². The lowest BCUT2D eigenvalue weighted by Gasteiger charge is -2.09. The lowest BCUT2D eigenvalue weighted by molar-refractivity contribution is 0.340. The van der Waals surface area contributed by atoms with Gasteiger partial charge in [-0.25, -0.2) is 0 Å². The van der Waals surface area contributed by atoms with Gasteiger partial charge in [0.1, 0.15) is 5.75 Å². The number of nitrogens with zero attached hydrogens (tertiary/aromatic N) is 3. The van der Waals surface area contributed by atoms with Crippen molar-refractivity contribution in [1.29, 1.82) is 0 Å². The van der Waals surface area contributed by atoms with Crippen LogP contribution < -0.4 is 15.4 Å². The van der Waals surface area contributed by atoms with Crippen LogP contribution in [0, 0.1) is 0 Å². The van der Waals surface area contributed by atoms with Crippen LogP contribution in [0.4, 0.5) is 23.1 Å². The Bertz CT molecular complexity index is 858. The van der Waals surface area contributed by atoms with Crippen LogP contribution in [0.5, 0.6) is 5.75 Å². The summed E-state index contributed by atoms with van der Waals surface area (Å²) in [6, 6.07) is 12.7. The fourth-order valence-corrected chi connectivity index (χ4v) is 2.37. The Morgan fingerprint density at radius 1 is 0.960 bits per heavy atom. The van der Waals surface area contributed by atoms with Crippen molar-refractivity contribution in [2.45, 2.75) is 6.92 Å². The molecule has 0 unspecified atom stereocenters. The third-order valence-electron chi connectivity index (χ3n) is 3.17. The van der Waals surface area contributed by atoms with Gasteiger partial charge < -0.3 is 15.4 Å². The summed E-state index contributed by atoms with van der Waals surface area (Å²) in [6.45, 7) is 2.57. The van der Waals surface area contributed by atoms with E-state index in [4.69, 9.17) is 27.9 Å². The lowest BCUT2D eigenvalue weighted by atomic mass is 10.3. The molecule has 25 heavy (non-hydrogen) atoms. The number of halogens is 2. The van der Waals surface area contributed by atoms with Crippen LogP contribution in [0.15, 0.2) is 48.7 Å². The van der Waals surface area contributed by atoms with Crippen molar-refractivity contribution in [3.8, 4) is 5.75 Å². The largest absolute Gasteiger partial charge is 0.494 e. The first-order chi connectivity index (χ1) is 12.1. The standard InChI is InChI=1S/C17H15Cl2N5O/c1-2-25-13-6-3-11(4-7-13)22-17-23-16(10-20-24-17)21-12-5-8-14(18)15(19)9-12/h3-10H,2H2,1H3,(H2,21,22,23,24). The van der Waals surface area contributed by atoms with E-state index in [0.29, 0.717) is 28.4 Å². The Balaban J connectivity index is 1.71. The maximum atomic E-state index is 6.01. The molecule has 0 amide bonds. The van der Waals surface area contributed by atoms with Gasteiger partial charge in [-0.05, 0) is 49.4 Å². The summed E-state index contributed by atoms with van der Waals surface area (Å²) in [4.78, 5) is 4.37. The van der Waals surface area contributed by atoms with Gasteiger partial charge in [-0.2, -0.15) is 10.1 Å². The van der Waals surface area contributed by atoms with E-state index >= 15 is 0 Å². The highest BCUT2D eigenvalue weighted by Crippen LogP contribution is 2.26. The van der Waals surface area contributed by atoms with E-state index in [1.807, 2.05) is 31.2 Å². The van der Waals surface area contributed by atoms with E-state index < -0.39 is 0 Å². The summed E-state index contributed by atoms with van der Waals surface area (Å²) in [5.74, 6) is 1.71. The molecule has 3 rings (SSSR count). The first-order valence-electron chi connectivity index (χ1n) is 7.55. The van der Waals surface area contributed by atoms with E-state index in [2.05, 4.69) is 25.8 Å². The number of benzene rings is 2. The summed E-state index contributed by atoms with van der Waals surface area (Å²) < 4.78 is 5.41. The normalized spacial score (nSPS) is 10.4. The number of anilines is 4. The molecular weight excluding hydrogens is 361 g/mol. The molecule has 128 valence electrons. The van der Waals surface area contributed by atoms with Crippen LogP contribution in [-0.4, -0.2) is 21.8 Å². The number of ether oxygens (including phenoxy) is 1. The molecule has 3 aromatic rings. The lowest BCUT2D eigenvalue weighted by Crippen LogP contribution is -2.02. The maximum Gasteiger partial charge on any atom is 0.249 e. The average molecular weight is 376 g/mol. The molecule has 0 atom stereocenters. The minimum atomic E-state index is 0.370. The molecule has 2 aromatic carbocycles. The van der Waals surface area contributed by atoms with Crippen molar-refractivity contribution in [3.63, 3.8) is 0 Å². The highest BCUT2D eigenvalue weighted by Gasteiger charge is 2.04. The molecule has 2 N–H and O–H groups in total. The van der Waals surface area contributed by atoms with E-state index in [1.165, 1.54) is 6.20 Å². The molecule has 0 aliphatic rings. The first-order valence-corrected chi connectivity index (χ1v) is 8.31. The predicted molar refractivity (Wildman–Crippen MR) is 100 cm³/mol. The molecule has 6 nitrogen and oxygen atoms in total. The van der Waals surface area contributed by atoms with Crippen LogP contribution >= 0.6 is 23.2 Å². The van der Waals surface area contributed by atoms with Crippen LogP contribution in [0.25, 0.3) is 0 Å². The summed E-state index contributed by atoms with van der Waals surface area (Å²) in [6.07, 6.45) is 1.52. The second-order valence-electron chi connectivity index (χ2n) is 5.00. The molecule has 1 heterocycles. The van der Waals surface area contributed by atoms with Crippen LogP contribution in [0.3, 0.4) is 0 Å². The highest BCUT2D eigenvalue weighted by molar-refractivity contribution is 6.42. The first kappa shape index (κ1) is 17.3. The summed E-state index contributed by atoms with van der Waals surface area (Å²) in [5, 5.41) is 15.1. The molecule has 0 aliphatic carbocycles.